The van der Waals surface area contributed by atoms with Crippen LogP contribution in [-0.2, 0) is 6.54 Å². The first-order valence-corrected chi connectivity index (χ1v) is 7.28. The predicted molar refractivity (Wildman–Crippen MR) is 81.9 cm³/mol. The van der Waals surface area contributed by atoms with Crippen molar-refractivity contribution in [2.75, 3.05) is 0 Å². The monoisotopic (exact) mass is 403 g/mol. The molecule has 98 valence electrons. The van der Waals surface area contributed by atoms with E-state index in [0.29, 0.717) is 15.1 Å². The maximum atomic E-state index is 12.1. The summed E-state index contributed by atoms with van der Waals surface area (Å²) in [5, 5.41) is 0.494. The van der Waals surface area contributed by atoms with Crippen LogP contribution in [0.2, 0.25) is 5.02 Å². The summed E-state index contributed by atoms with van der Waals surface area (Å²) >= 11 is 12.3. The number of carbonyl (C=O) groups is 1. The van der Waals surface area contributed by atoms with E-state index in [0.717, 1.165) is 4.47 Å². The van der Waals surface area contributed by atoms with Gasteiger partial charge >= 0.3 is 0 Å². The molecule has 0 saturated carbocycles. The minimum absolute atomic E-state index is 0.0305. The Balaban J connectivity index is 2.32. The molecular formula is C13H8Br2ClNO2. The van der Waals surface area contributed by atoms with Gasteiger partial charge in [0.05, 0.1) is 11.0 Å². The van der Waals surface area contributed by atoms with Gasteiger partial charge in [0.2, 0.25) is 0 Å². The third-order valence-electron chi connectivity index (χ3n) is 2.47. The topological polar surface area (TPSA) is 39.1 Å². The van der Waals surface area contributed by atoms with Crippen molar-refractivity contribution in [2.24, 2.45) is 0 Å². The fraction of sp³-hybridized carbons (Fsp3) is 0.0769. The molecule has 0 spiro atoms. The summed E-state index contributed by atoms with van der Waals surface area (Å²) in [6.45, 7) is -0.0305. The zero-order valence-corrected chi connectivity index (χ0v) is 13.5. The van der Waals surface area contributed by atoms with Crippen molar-refractivity contribution in [3.8, 4) is 0 Å². The van der Waals surface area contributed by atoms with Crippen molar-refractivity contribution in [1.29, 1.82) is 0 Å². The molecule has 1 aromatic carbocycles. The molecule has 1 aromatic heterocycles. The normalized spacial score (nSPS) is 10.5. The number of Topliss-reactive ketones (excluding diaryl/α,β-unsaturated/α-hetero) is 1. The van der Waals surface area contributed by atoms with Crippen LogP contribution in [0, 0.1) is 0 Å². The summed E-state index contributed by atoms with van der Waals surface area (Å²) < 4.78 is 2.47. The van der Waals surface area contributed by atoms with E-state index >= 15 is 0 Å². The highest BCUT2D eigenvalue weighted by molar-refractivity contribution is 9.11. The van der Waals surface area contributed by atoms with Crippen molar-refractivity contribution in [1.82, 2.24) is 4.57 Å². The second-order valence-electron chi connectivity index (χ2n) is 3.87. The molecule has 0 radical (unpaired) electrons. The molecule has 1 heterocycles. The number of hydrogen-bond acceptors (Lipinski definition) is 2. The summed E-state index contributed by atoms with van der Waals surface area (Å²) in [6.07, 6.45) is 1.58. The molecule has 0 N–H and O–H groups in total. The van der Waals surface area contributed by atoms with Crippen LogP contribution in [0.1, 0.15) is 10.4 Å². The average molecular weight is 405 g/mol. The number of ketones is 1. The Bertz CT molecular complexity index is 697. The number of benzene rings is 1. The molecule has 2 aromatic rings. The lowest BCUT2D eigenvalue weighted by Gasteiger charge is -2.07. The van der Waals surface area contributed by atoms with Gasteiger partial charge in [0.25, 0.3) is 5.56 Å². The van der Waals surface area contributed by atoms with Crippen LogP contribution in [0.4, 0.5) is 0 Å². The van der Waals surface area contributed by atoms with E-state index in [2.05, 4.69) is 31.9 Å². The zero-order chi connectivity index (χ0) is 14.0. The molecule has 0 aliphatic carbocycles. The molecule has 3 nitrogen and oxygen atoms in total. The van der Waals surface area contributed by atoms with Crippen molar-refractivity contribution in [2.45, 2.75) is 6.54 Å². The number of halogens is 3. The summed E-state index contributed by atoms with van der Waals surface area (Å²) in [5.41, 5.74) is 0.231. The lowest BCUT2D eigenvalue weighted by molar-refractivity contribution is 0.0970. The minimum atomic E-state index is -0.251. The summed E-state index contributed by atoms with van der Waals surface area (Å²) in [4.78, 5) is 24.0. The van der Waals surface area contributed by atoms with Gasteiger partial charge in [-0.25, -0.2) is 0 Å². The Morgan fingerprint density at radius 3 is 2.68 bits per heavy atom. The number of hydrogen-bond donors (Lipinski definition) is 0. The van der Waals surface area contributed by atoms with Crippen molar-refractivity contribution < 1.29 is 4.79 Å². The standard InChI is InChI=1S/C13H8Br2ClNO2/c14-9-5-11(15)13(19)17(6-9)7-12(18)8-2-1-3-10(16)4-8/h1-6H,7H2. The lowest BCUT2D eigenvalue weighted by atomic mass is 10.1. The van der Waals surface area contributed by atoms with E-state index in [1.54, 1.807) is 36.5 Å². The molecule has 0 aliphatic heterocycles. The van der Waals surface area contributed by atoms with Crippen LogP contribution in [0.15, 0.2) is 50.3 Å². The van der Waals surface area contributed by atoms with Gasteiger partial charge in [-0.05, 0) is 50.1 Å². The van der Waals surface area contributed by atoms with E-state index in [-0.39, 0.29) is 17.9 Å². The maximum absolute atomic E-state index is 12.1. The fourth-order valence-corrected chi connectivity index (χ4v) is 3.04. The number of rotatable bonds is 3. The Kier molecular flexibility index (Phi) is 4.60. The van der Waals surface area contributed by atoms with Crippen LogP contribution in [0.25, 0.3) is 0 Å². The van der Waals surface area contributed by atoms with Crippen LogP contribution in [0.3, 0.4) is 0 Å². The molecular weight excluding hydrogens is 397 g/mol. The molecule has 0 amide bonds. The molecule has 0 saturated heterocycles. The fourth-order valence-electron chi connectivity index (χ4n) is 1.59. The van der Waals surface area contributed by atoms with Gasteiger partial charge in [0.1, 0.15) is 0 Å². The van der Waals surface area contributed by atoms with E-state index in [9.17, 15) is 9.59 Å². The lowest BCUT2D eigenvalue weighted by Crippen LogP contribution is -2.24. The van der Waals surface area contributed by atoms with Gasteiger partial charge in [-0.2, -0.15) is 0 Å². The highest BCUT2D eigenvalue weighted by Gasteiger charge is 2.10. The summed E-state index contributed by atoms with van der Waals surface area (Å²) in [6, 6.07) is 8.30. The van der Waals surface area contributed by atoms with E-state index in [1.165, 1.54) is 4.57 Å². The van der Waals surface area contributed by atoms with Crippen molar-refractivity contribution in [3.63, 3.8) is 0 Å². The van der Waals surface area contributed by atoms with Crippen LogP contribution < -0.4 is 5.56 Å². The van der Waals surface area contributed by atoms with Crippen LogP contribution in [0.5, 0.6) is 0 Å². The Morgan fingerprint density at radius 2 is 2.00 bits per heavy atom. The van der Waals surface area contributed by atoms with Gasteiger partial charge in [0.15, 0.2) is 5.78 Å². The SMILES string of the molecule is O=C(Cn1cc(Br)cc(Br)c1=O)c1cccc(Cl)c1. The molecule has 19 heavy (non-hydrogen) atoms. The second kappa shape index (κ2) is 6.03. The second-order valence-corrected chi connectivity index (χ2v) is 6.08. The van der Waals surface area contributed by atoms with Gasteiger partial charge in [-0.15, -0.1) is 0 Å². The van der Waals surface area contributed by atoms with Gasteiger partial charge in [0, 0.05) is 21.3 Å². The first kappa shape index (κ1) is 14.5. The molecule has 0 fully saturated rings. The molecule has 0 atom stereocenters. The molecule has 0 unspecified atom stereocenters. The van der Waals surface area contributed by atoms with Crippen molar-refractivity contribution >= 4 is 49.2 Å². The number of nitrogens with zero attached hydrogens (tertiary/aromatic N) is 1. The number of carbonyl (C=O) groups excluding carboxylic acids is 1. The van der Waals surface area contributed by atoms with E-state index < -0.39 is 0 Å². The summed E-state index contributed by atoms with van der Waals surface area (Å²) in [7, 11) is 0. The highest BCUT2D eigenvalue weighted by atomic mass is 79.9. The summed E-state index contributed by atoms with van der Waals surface area (Å²) in [5.74, 6) is -0.172. The molecule has 0 bridgehead atoms. The quantitative estimate of drug-likeness (QED) is 0.727. The number of aromatic nitrogens is 1. The average Bonchev–Trinajstić information content (AvgIpc) is 2.35. The van der Waals surface area contributed by atoms with Gasteiger partial charge < -0.3 is 4.57 Å². The Labute approximate surface area is 131 Å². The predicted octanol–water partition coefficient (Wildman–Crippen LogP) is 3.91. The highest BCUT2D eigenvalue weighted by Crippen LogP contribution is 2.14. The van der Waals surface area contributed by atoms with Gasteiger partial charge in [-0.1, -0.05) is 23.7 Å². The zero-order valence-electron chi connectivity index (χ0n) is 9.57. The smallest absolute Gasteiger partial charge is 0.265 e. The van der Waals surface area contributed by atoms with E-state index in [1.807, 2.05) is 0 Å². The Hall–Kier alpha value is -0.910. The first-order valence-electron chi connectivity index (χ1n) is 5.31. The minimum Gasteiger partial charge on any atom is -0.306 e. The third kappa shape index (κ3) is 3.55. The number of pyridine rings is 1. The largest absolute Gasteiger partial charge is 0.306 e. The maximum Gasteiger partial charge on any atom is 0.265 e. The third-order valence-corrected chi connectivity index (χ3v) is 3.71. The molecule has 6 heteroatoms. The van der Waals surface area contributed by atoms with Gasteiger partial charge in [-0.3, -0.25) is 9.59 Å². The molecule has 0 aliphatic rings. The Morgan fingerprint density at radius 1 is 1.26 bits per heavy atom. The van der Waals surface area contributed by atoms with Crippen LogP contribution in [-0.4, -0.2) is 10.4 Å². The first-order chi connectivity index (χ1) is 8.97. The van der Waals surface area contributed by atoms with Crippen LogP contribution >= 0.6 is 43.5 Å². The van der Waals surface area contributed by atoms with E-state index in [4.69, 9.17) is 11.6 Å². The molecule has 2 rings (SSSR count). The van der Waals surface area contributed by atoms with Crippen molar-refractivity contribution in [3.05, 3.63) is 66.4 Å².